The van der Waals surface area contributed by atoms with Crippen molar-refractivity contribution in [2.75, 3.05) is 0 Å². The van der Waals surface area contributed by atoms with E-state index in [-0.39, 0.29) is 5.56 Å². The Kier molecular flexibility index (Phi) is 3.39. The fourth-order valence-corrected chi connectivity index (χ4v) is 1.35. The molecule has 1 rings (SSSR count). The Balaban J connectivity index is 3.24. The van der Waals surface area contributed by atoms with Crippen LogP contribution in [0.15, 0.2) is 12.1 Å². The van der Waals surface area contributed by atoms with Gasteiger partial charge in [-0.25, -0.2) is 8.78 Å². The first-order valence-corrected chi connectivity index (χ1v) is 4.68. The molecule has 2 nitrogen and oxygen atoms in total. The van der Waals surface area contributed by atoms with Gasteiger partial charge in [0.25, 0.3) is 0 Å². The largest absolute Gasteiger partial charge is 0.481 e. The molecule has 15 heavy (non-hydrogen) atoms. The van der Waals surface area contributed by atoms with Crippen LogP contribution >= 0.6 is 0 Å². The van der Waals surface area contributed by atoms with E-state index in [9.17, 15) is 13.6 Å². The fourth-order valence-electron chi connectivity index (χ4n) is 1.35. The molecule has 0 amide bonds. The van der Waals surface area contributed by atoms with Gasteiger partial charge in [0.1, 0.15) is 11.6 Å². The van der Waals surface area contributed by atoms with Crippen molar-refractivity contribution in [2.45, 2.75) is 26.2 Å². The lowest BCUT2D eigenvalue weighted by molar-refractivity contribution is -0.138. The molecule has 4 heteroatoms. The molecule has 0 aliphatic rings. The highest BCUT2D eigenvalue weighted by Gasteiger charge is 2.19. The molecular weight excluding hydrogens is 202 g/mol. The molecule has 0 aromatic heterocycles. The Labute approximate surface area is 86.5 Å². The van der Waals surface area contributed by atoms with Crippen molar-refractivity contribution >= 4 is 5.97 Å². The quantitative estimate of drug-likeness (QED) is 0.839. The number of carboxylic acids is 1. The summed E-state index contributed by atoms with van der Waals surface area (Å²) in [6.07, 6.45) is 0.408. The van der Waals surface area contributed by atoms with Crippen molar-refractivity contribution in [1.29, 1.82) is 0 Å². The number of aliphatic carboxylic acids is 1. The van der Waals surface area contributed by atoms with E-state index in [4.69, 9.17) is 5.11 Å². The first kappa shape index (κ1) is 11.6. The maximum Gasteiger partial charge on any atom is 0.310 e. The lowest BCUT2D eigenvalue weighted by atomic mass is 9.97. The number of benzene rings is 1. The van der Waals surface area contributed by atoms with E-state index in [1.165, 1.54) is 13.0 Å². The molecule has 1 unspecified atom stereocenters. The SMILES string of the molecule is CCc1cc(C(C)C(=O)O)c(F)cc1F. The molecular formula is C11H12F2O2. The average Bonchev–Trinajstić information content (AvgIpc) is 2.17. The fraction of sp³-hybridized carbons (Fsp3) is 0.364. The minimum Gasteiger partial charge on any atom is -0.481 e. The Morgan fingerprint density at radius 2 is 2.00 bits per heavy atom. The van der Waals surface area contributed by atoms with Crippen LogP contribution in [0.3, 0.4) is 0 Å². The van der Waals surface area contributed by atoms with Gasteiger partial charge < -0.3 is 5.11 Å². The summed E-state index contributed by atoms with van der Waals surface area (Å²) >= 11 is 0. The van der Waals surface area contributed by atoms with Crippen molar-refractivity contribution in [1.82, 2.24) is 0 Å². The molecule has 1 aromatic carbocycles. The molecule has 0 aliphatic heterocycles. The van der Waals surface area contributed by atoms with Crippen molar-refractivity contribution in [3.63, 3.8) is 0 Å². The molecule has 82 valence electrons. The summed E-state index contributed by atoms with van der Waals surface area (Å²) in [4.78, 5) is 10.7. The summed E-state index contributed by atoms with van der Waals surface area (Å²) in [5, 5.41) is 8.73. The molecule has 0 bridgehead atoms. The molecule has 1 aromatic rings. The van der Waals surface area contributed by atoms with Gasteiger partial charge >= 0.3 is 5.97 Å². The molecule has 1 N–H and O–H groups in total. The van der Waals surface area contributed by atoms with Crippen LogP contribution in [0.1, 0.15) is 30.9 Å². The van der Waals surface area contributed by atoms with Gasteiger partial charge in [0.05, 0.1) is 5.92 Å². The first-order valence-electron chi connectivity index (χ1n) is 4.68. The molecule has 0 aliphatic carbocycles. The van der Waals surface area contributed by atoms with Crippen LogP contribution < -0.4 is 0 Å². The number of hydrogen-bond acceptors (Lipinski definition) is 1. The van der Waals surface area contributed by atoms with Crippen molar-refractivity contribution in [3.8, 4) is 0 Å². The van der Waals surface area contributed by atoms with Crippen LogP contribution in [-0.2, 0) is 11.2 Å². The van der Waals surface area contributed by atoms with Gasteiger partial charge in [0.2, 0.25) is 0 Å². The van der Waals surface area contributed by atoms with Crippen molar-refractivity contribution in [2.24, 2.45) is 0 Å². The van der Waals surface area contributed by atoms with Gasteiger partial charge in [0.15, 0.2) is 0 Å². The standard InChI is InChI=1S/C11H12F2O2/c1-3-7-4-8(6(2)11(14)15)10(13)5-9(7)12/h4-6H,3H2,1-2H3,(H,14,15). The van der Waals surface area contributed by atoms with Gasteiger partial charge in [-0.05, 0) is 25.0 Å². The van der Waals surface area contributed by atoms with E-state index in [0.29, 0.717) is 12.0 Å². The zero-order valence-corrected chi connectivity index (χ0v) is 8.55. The summed E-state index contributed by atoms with van der Waals surface area (Å²) in [5.74, 6) is -3.52. The summed E-state index contributed by atoms with van der Waals surface area (Å²) in [7, 11) is 0. The number of hydrogen-bond donors (Lipinski definition) is 1. The average molecular weight is 214 g/mol. The molecule has 0 fully saturated rings. The van der Waals surface area contributed by atoms with Gasteiger partial charge in [-0.2, -0.15) is 0 Å². The Morgan fingerprint density at radius 3 is 2.47 bits per heavy atom. The lowest BCUT2D eigenvalue weighted by Gasteiger charge is -2.10. The topological polar surface area (TPSA) is 37.3 Å². The number of aryl methyl sites for hydroxylation is 1. The second kappa shape index (κ2) is 4.38. The highest BCUT2D eigenvalue weighted by atomic mass is 19.1. The molecule has 1 atom stereocenters. The van der Waals surface area contributed by atoms with Gasteiger partial charge in [-0.15, -0.1) is 0 Å². The molecule has 0 spiro atoms. The van der Waals surface area contributed by atoms with Crippen LogP contribution in [0, 0.1) is 11.6 Å². The van der Waals surface area contributed by atoms with Crippen LogP contribution in [0.4, 0.5) is 8.78 Å². The minimum atomic E-state index is -1.12. The van der Waals surface area contributed by atoms with Crippen molar-refractivity contribution in [3.05, 3.63) is 34.9 Å². The monoisotopic (exact) mass is 214 g/mol. The zero-order chi connectivity index (χ0) is 11.6. The third-order valence-electron chi connectivity index (χ3n) is 2.38. The summed E-state index contributed by atoms with van der Waals surface area (Å²) < 4.78 is 26.4. The molecule has 0 saturated carbocycles. The highest BCUT2D eigenvalue weighted by molar-refractivity contribution is 5.75. The third kappa shape index (κ3) is 2.32. The normalized spacial score (nSPS) is 12.5. The van der Waals surface area contributed by atoms with E-state index in [1.54, 1.807) is 6.92 Å². The van der Waals surface area contributed by atoms with Gasteiger partial charge in [-0.3, -0.25) is 4.79 Å². The third-order valence-corrected chi connectivity index (χ3v) is 2.38. The van der Waals surface area contributed by atoms with E-state index < -0.39 is 23.5 Å². The van der Waals surface area contributed by atoms with Gasteiger partial charge in [-0.1, -0.05) is 6.92 Å². The maximum atomic E-state index is 13.3. The summed E-state index contributed by atoms with van der Waals surface area (Å²) in [5.41, 5.74) is 0.361. The lowest BCUT2D eigenvalue weighted by Crippen LogP contribution is -2.10. The van der Waals surface area contributed by atoms with Crippen LogP contribution in [0.5, 0.6) is 0 Å². The van der Waals surface area contributed by atoms with Crippen LogP contribution in [-0.4, -0.2) is 11.1 Å². The molecule has 0 radical (unpaired) electrons. The second-order valence-corrected chi connectivity index (χ2v) is 3.38. The van der Waals surface area contributed by atoms with E-state index >= 15 is 0 Å². The number of halogens is 2. The van der Waals surface area contributed by atoms with Crippen molar-refractivity contribution < 1.29 is 18.7 Å². The van der Waals surface area contributed by atoms with Crippen LogP contribution in [0.25, 0.3) is 0 Å². The van der Waals surface area contributed by atoms with E-state index in [1.807, 2.05) is 0 Å². The summed E-state index contributed by atoms with van der Waals surface area (Å²) in [6.45, 7) is 3.10. The maximum absolute atomic E-state index is 13.3. The highest BCUT2D eigenvalue weighted by Crippen LogP contribution is 2.23. The molecule has 0 saturated heterocycles. The number of carboxylic acid groups (broad SMARTS) is 1. The summed E-state index contributed by atoms with van der Waals surface area (Å²) in [6, 6.07) is 2.02. The van der Waals surface area contributed by atoms with Gasteiger partial charge in [0, 0.05) is 11.6 Å². The number of carbonyl (C=O) groups is 1. The zero-order valence-electron chi connectivity index (χ0n) is 8.55. The Morgan fingerprint density at radius 1 is 1.40 bits per heavy atom. The molecule has 0 heterocycles. The smallest absolute Gasteiger partial charge is 0.310 e. The minimum absolute atomic E-state index is 0.0285. The van der Waals surface area contributed by atoms with E-state index in [0.717, 1.165) is 6.07 Å². The number of rotatable bonds is 3. The second-order valence-electron chi connectivity index (χ2n) is 3.38. The Bertz CT molecular complexity index is 388. The first-order chi connectivity index (χ1) is 6.97. The van der Waals surface area contributed by atoms with E-state index in [2.05, 4.69) is 0 Å². The Hall–Kier alpha value is -1.45. The predicted molar refractivity (Wildman–Crippen MR) is 51.8 cm³/mol. The van der Waals surface area contributed by atoms with Crippen LogP contribution in [0.2, 0.25) is 0 Å². The predicted octanol–water partition coefficient (Wildman–Crippen LogP) is 2.72.